The van der Waals surface area contributed by atoms with Crippen molar-refractivity contribution in [3.05, 3.63) is 117 Å². The summed E-state index contributed by atoms with van der Waals surface area (Å²) < 4.78 is 0.533. The molecule has 0 fully saturated rings. The van der Waals surface area contributed by atoms with Crippen molar-refractivity contribution >= 4 is 50.2 Å². The number of hydrogen-bond donors (Lipinski definition) is 1. The van der Waals surface area contributed by atoms with Gasteiger partial charge in [0.15, 0.2) is 5.78 Å². The first kappa shape index (κ1) is 20.8. The summed E-state index contributed by atoms with van der Waals surface area (Å²) >= 11 is 3.30. The molecule has 1 aliphatic rings. The molecule has 0 atom stereocenters. The number of hydrogen-bond acceptors (Lipinski definition) is 4. The average molecular weight is 499 g/mol. The van der Waals surface area contributed by atoms with E-state index >= 15 is 0 Å². The van der Waals surface area contributed by atoms with Gasteiger partial charge in [-0.2, -0.15) is 5.01 Å². The standard InChI is InChI=1S/C26H15BrN2O4/c27-21-12-5-4-9-18(21)24(31)28-29-25(32)19-11-6-10-16-17(13-14-20(22(16)19)26(29)33)23(30)15-7-2-1-3-8-15/h1-14H,(H,28,31). The highest BCUT2D eigenvalue weighted by Crippen LogP contribution is 2.32. The van der Waals surface area contributed by atoms with Gasteiger partial charge in [0.25, 0.3) is 17.7 Å². The number of halogens is 1. The molecule has 0 saturated heterocycles. The maximum atomic E-state index is 13.2. The molecule has 3 amide bonds. The minimum Gasteiger partial charge on any atom is -0.289 e. The van der Waals surface area contributed by atoms with Crippen LogP contribution in [0, 0.1) is 0 Å². The molecule has 0 saturated carbocycles. The first-order valence-electron chi connectivity index (χ1n) is 10.1. The van der Waals surface area contributed by atoms with Gasteiger partial charge in [0.1, 0.15) is 0 Å². The smallest absolute Gasteiger partial charge is 0.280 e. The highest BCUT2D eigenvalue weighted by Gasteiger charge is 2.35. The van der Waals surface area contributed by atoms with Gasteiger partial charge in [0.2, 0.25) is 0 Å². The van der Waals surface area contributed by atoms with Crippen molar-refractivity contribution in [1.29, 1.82) is 0 Å². The number of hydrazine groups is 1. The fourth-order valence-corrected chi connectivity index (χ4v) is 4.41. The summed E-state index contributed by atoms with van der Waals surface area (Å²) in [7, 11) is 0. The first-order chi connectivity index (χ1) is 16.0. The molecular formula is C26H15BrN2O4. The summed E-state index contributed by atoms with van der Waals surface area (Å²) in [5, 5.41) is 1.63. The van der Waals surface area contributed by atoms with Crippen molar-refractivity contribution in [3.8, 4) is 0 Å². The maximum absolute atomic E-state index is 13.2. The van der Waals surface area contributed by atoms with Gasteiger partial charge in [-0.15, -0.1) is 0 Å². The van der Waals surface area contributed by atoms with E-state index in [-0.39, 0.29) is 22.5 Å². The second kappa shape index (κ2) is 8.11. The molecule has 0 aliphatic carbocycles. The van der Waals surface area contributed by atoms with Gasteiger partial charge in [-0.3, -0.25) is 24.6 Å². The van der Waals surface area contributed by atoms with E-state index in [9.17, 15) is 19.2 Å². The monoisotopic (exact) mass is 498 g/mol. The van der Waals surface area contributed by atoms with Crippen molar-refractivity contribution in [3.63, 3.8) is 0 Å². The molecule has 5 rings (SSSR count). The lowest BCUT2D eigenvalue weighted by Gasteiger charge is -2.27. The van der Waals surface area contributed by atoms with Crippen LogP contribution < -0.4 is 5.43 Å². The van der Waals surface area contributed by atoms with E-state index in [0.29, 0.717) is 26.4 Å². The van der Waals surface area contributed by atoms with Crippen molar-refractivity contribution in [2.24, 2.45) is 0 Å². The molecule has 1 heterocycles. The quantitative estimate of drug-likeness (QED) is 0.324. The molecular weight excluding hydrogens is 484 g/mol. The van der Waals surface area contributed by atoms with E-state index in [1.165, 1.54) is 6.07 Å². The summed E-state index contributed by atoms with van der Waals surface area (Å²) in [5.41, 5.74) is 4.08. The predicted molar refractivity (Wildman–Crippen MR) is 126 cm³/mol. The summed E-state index contributed by atoms with van der Waals surface area (Å²) in [6, 6.07) is 23.6. The van der Waals surface area contributed by atoms with Crippen molar-refractivity contribution < 1.29 is 19.2 Å². The Morgan fingerprint density at radius 1 is 0.697 bits per heavy atom. The highest BCUT2D eigenvalue weighted by molar-refractivity contribution is 9.10. The number of rotatable bonds is 4. The summed E-state index contributed by atoms with van der Waals surface area (Å²) in [6.45, 7) is 0. The van der Waals surface area contributed by atoms with Crippen LogP contribution in [0.25, 0.3) is 10.8 Å². The molecule has 0 aromatic heterocycles. The van der Waals surface area contributed by atoms with Crippen LogP contribution in [0.2, 0.25) is 0 Å². The van der Waals surface area contributed by atoms with E-state index in [1.54, 1.807) is 72.8 Å². The third-order valence-corrected chi connectivity index (χ3v) is 6.21. The topological polar surface area (TPSA) is 83.6 Å². The Balaban J connectivity index is 1.57. The summed E-state index contributed by atoms with van der Waals surface area (Å²) in [5.74, 6) is -2.13. The Hall–Kier alpha value is -4.10. The second-order valence-corrected chi connectivity index (χ2v) is 8.30. The zero-order chi connectivity index (χ0) is 23.1. The molecule has 6 nitrogen and oxygen atoms in total. The first-order valence-corrected chi connectivity index (χ1v) is 10.9. The minimum atomic E-state index is -0.664. The van der Waals surface area contributed by atoms with Gasteiger partial charge in [-0.05, 0) is 51.6 Å². The van der Waals surface area contributed by atoms with E-state index in [0.717, 1.165) is 5.01 Å². The van der Waals surface area contributed by atoms with Gasteiger partial charge in [-0.1, -0.05) is 54.6 Å². The molecule has 0 radical (unpaired) electrons. The Morgan fingerprint density at radius 2 is 1.36 bits per heavy atom. The number of amides is 3. The Morgan fingerprint density at radius 3 is 2.09 bits per heavy atom. The molecule has 160 valence electrons. The normalized spacial score (nSPS) is 12.7. The predicted octanol–water partition coefficient (Wildman–Crippen LogP) is 4.77. The SMILES string of the molecule is O=C(NN1C(=O)c2cccc3c(C(=O)c4ccccc4)ccc(c23)C1=O)c1ccccc1Br. The fourth-order valence-electron chi connectivity index (χ4n) is 3.95. The summed E-state index contributed by atoms with van der Waals surface area (Å²) in [6.07, 6.45) is 0. The van der Waals surface area contributed by atoms with Crippen LogP contribution >= 0.6 is 15.9 Å². The lowest BCUT2D eigenvalue weighted by molar-refractivity contribution is 0.0478. The van der Waals surface area contributed by atoms with Gasteiger partial charge in [0, 0.05) is 21.0 Å². The van der Waals surface area contributed by atoms with Crippen LogP contribution in [0.1, 0.15) is 47.0 Å². The molecule has 1 aliphatic heterocycles. The molecule has 33 heavy (non-hydrogen) atoms. The molecule has 7 heteroatoms. The summed E-state index contributed by atoms with van der Waals surface area (Å²) in [4.78, 5) is 52.3. The Bertz CT molecular complexity index is 1460. The number of nitrogens with one attached hydrogen (secondary N) is 1. The van der Waals surface area contributed by atoms with Crippen molar-refractivity contribution in [1.82, 2.24) is 10.4 Å². The van der Waals surface area contributed by atoms with Crippen LogP contribution in [0.15, 0.2) is 89.4 Å². The lowest BCUT2D eigenvalue weighted by atomic mass is 9.89. The number of carbonyl (C=O) groups is 4. The largest absolute Gasteiger partial charge is 0.289 e. The van der Waals surface area contributed by atoms with Crippen LogP contribution in [-0.4, -0.2) is 28.5 Å². The maximum Gasteiger partial charge on any atom is 0.280 e. The Kier molecular flexibility index (Phi) is 5.11. The van der Waals surface area contributed by atoms with Crippen molar-refractivity contribution in [2.75, 3.05) is 0 Å². The number of imide groups is 1. The van der Waals surface area contributed by atoms with Crippen molar-refractivity contribution in [2.45, 2.75) is 0 Å². The van der Waals surface area contributed by atoms with E-state index in [1.807, 2.05) is 6.07 Å². The van der Waals surface area contributed by atoms with Gasteiger partial charge in [0.05, 0.1) is 16.7 Å². The minimum absolute atomic E-state index is 0.205. The zero-order valence-corrected chi connectivity index (χ0v) is 18.6. The van der Waals surface area contributed by atoms with E-state index in [2.05, 4.69) is 21.4 Å². The van der Waals surface area contributed by atoms with Crippen LogP contribution in [0.3, 0.4) is 0 Å². The van der Waals surface area contributed by atoms with Gasteiger partial charge >= 0.3 is 0 Å². The molecule has 0 unspecified atom stereocenters. The van der Waals surface area contributed by atoms with E-state index < -0.39 is 17.7 Å². The third-order valence-electron chi connectivity index (χ3n) is 5.52. The molecule has 0 bridgehead atoms. The molecule has 1 N–H and O–H groups in total. The van der Waals surface area contributed by atoms with Crippen LogP contribution in [0.4, 0.5) is 0 Å². The molecule has 4 aromatic carbocycles. The van der Waals surface area contributed by atoms with Crippen LogP contribution in [0.5, 0.6) is 0 Å². The number of carbonyl (C=O) groups excluding carboxylic acids is 4. The van der Waals surface area contributed by atoms with E-state index in [4.69, 9.17) is 0 Å². The highest BCUT2D eigenvalue weighted by atomic mass is 79.9. The number of nitrogens with zero attached hydrogens (tertiary/aromatic N) is 1. The zero-order valence-electron chi connectivity index (χ0n) is 17.0. The Labute approximate surface area is 196 Å². The molecule has 0 spiro atoms. The second-order valence-electron chi connectivity index (χ2n) is 7.45. The molecule has 4 aromatic rings. The third kappa shape index (κ3) is 3.43. The number of benzene rings is 4. The van der Waals surface area contributed by atoms with Gasteiger partial charge < -0.3 is 0 Å². The van der Waals surface area contributed by atoms with Crippen LogP contribution in [-0.2, 0) is 0 Å². The number of ketones is 1. The average Bonchev–Trinajstić information content (AvgIpc) is 2.85. The van der Waals surface area contributed by atoms with Gasteiger partial charge in [-0.25, -0.2) is 0 Å². The fraction of sp³-hybridized carbons (Fsp3) is 0. The lowest BCUT2D eigenvalue weighted by Crippen LogP contribution is -2.51.